The SMILES string of the molecule is CC(=O)c1sc2nc(CSc3nnc(-c4cccs4)n3C3CC3)[nH]c(=O)c2c1C. The third kappa shape index (κ3) is 3.34. The molecule has 0 saturated heterocycles. The smallest absolute Gasteiger partial charge is 0.259 e. The van der Waals surface area contributed by atoms with E-state index in [1.807, 2.05) is 11.4 Å². The average Bonchev–Trinajstić information content (AvgIpc) is 3.09. The van der Waals surface area contributed by atoms with Gasteiger partial charge in [0.15, 0.2) is 16.8 Å². The maximum atomic E-state index is 12.6. The fourth-order valence-corrected chi connectivity index (χ4v) is 6.01. The molecule has 7 nitrogen and oxygen atoms in total. The Morgan fingerprint density at radius 3 is 2.90 bits per heavy atom. The van der Waals surface area contributed by atoms with Crippen LogP contribution >= 0.6 is 34.4 Å². The molecule has 4 aromatic heterocycles. The Bertz CT molecular complexity index is 1280. The lowest BCUT2D eigenvalue weighted by Gasteiger charge is -2.07. The first kappa shape index (κ1) is 18.7. The summed E-state index contributed by atoms with van der Waals surface area (Å²) in [6.07, 6.45) is 2.26. The van der Waals surface area contributed by atoms with Gasteiger partial charge in [0.2, 0.25) is 0 Å². The number of H-pyrrole nitrogens is 1. The number of Topliss-reactive ketones (excluding diaryl/α,β-unsaturated/α-hetero) is 1. The van der Waals surface area contributed by atoms with Crippen LogP contribution in [0.5, 0.6) is 0 Å². The van der Waals surface area contributed by atoms with E-state index < -0.39 is 0 Å². The molecule has 0 radical (unpaired) electrons. The van der Waals surface area contributed by atoms with Crippen LogP contribution < -0.4 is 5.56 Å². The van der Waals surface area contributed by atoms with Crippen molar-refractivity contribution in [2.24, 2.45) is 0 Å². The van der Waals surface area contributed by atoms with Crippen molar-refractivity contribution >= 4 is 50.4 Å². The zero-order chi connectivity index (χ0) is 20.1. The van der Waals surface area contributed by atoms with E-state index in [0.717, 1.165) is 28.7 Å². The van der Waals surface area contributed by atoms with Crippen molar-refractivity contribution in [3.63, 3.8) is 0 Å². The Hall–Kier alpha value is -2.30. The molecule has 0 aromatic carbocycles. The van der Waals surface area contributed by atoms with E-state index in [4.69, 9.17) is 0 Å². The van der Waals surface area contributed by atoms with Crippen molar-refractivity contribution in [2.75, 3.05) is 0 Å². The van der Waals surface area contributed by atoms with Gasteiger partial charge in [0, 0.05) is 6.04 Å². The molecule has 10 heteroatoms. The molecular weight excluding hydrogens is 426 g/mol. The highest BCUT2D eigenvalue weighted by Crippen LogP contribution is 2.42. The number of fused-ring (bicyclic) bond motifs is 1. The van der Waals surface area contributed by atoms with Crippen LogP contribution in [0, 0.1) is 6.92 Å². The van der Waals surface area contributed by atoms with Crippen LogP contribution in [0.15, 0.2) is 27.5 Å². The third-order valence-corrected chi connectivity index (χ3v) is 7.93. The van der Waals surface area contributed by atoms with Gasteiger partial charge < -0.3 is 4.98 Å². The number of rotatable bonds is 6. The number of nitrogens with zero attached hydrogens (tertiary/aromatic N) is 4. The van der Waals surface area contributed by atoms with Gasteiger partial charge in [-0.25, -0.2) is 4.98 Å². The Balaban J connectivity index is 1.46. The lowest BCUT2D eigenvalue weighted by Crippen LogP contribution is -2.11. The van der Waals surface area contributed by atoms with Gasteiger partial charge in [-0.1, -0.05) is 17.8 Å². The summed E-state index contributed by atoms with van der Waals surface area (Å²) in [6.45, 7) is 3.31. The van der Waals surface area contributed by atoms with Crippen LogP contribution in [0.1, 0.15) is 46.9 Å². The number of thioether (sulfide) groups is 1. The number of aromatic nitrogens is 5. The highest BCUT2D eigenvalue weighted by Gasteiger charge is 2.30. The number of hydrogen-bond donors (Lipinski definition) is 1. The number of aryl methyl sites for hydroxylation is 1. The number of ketones is 1. The van der Waals surface area contributed by atoms with Crippen molar-refractivity contribution in [1.82, 2.24) is 24.7 Å². The molecule has 0 spiro atoms. The van der Waals surface area contributed by atoms with Crippen LogP contribution in [-0.4, -0.2) is 30.5 Å². The number of aromatic amines is 1. The molecule has 1 saturated carbocycles. The van der Waals surface area contributed by atoms with E-state index >= 15 is 0 Å². The Kier molecular flexibility index (Phi) is 4.64. The Morgan fingerprint density at radius 1 is 1.38 bits per heavy atom. The van der Waals surface area contributed by atoms with Crippen LogP contribution in [-0.2, 0) is 5.75 Å². The number of carbonyl (C=O) groups is 1. The summed E-state index contributed by atoms with van der Waals surface area (Å²) in [7, 11) is 0. The maximum Gasteiger partial charge on any atom is 0.259 e. The van der Waals surface area contributed by atoms with Crippen molar-refractivity contribution in [1.29, 1.82) is 0 Å². The van der Waals surface area contributed by atoms with Crippen molar-refractivity contribution in [2.45, 2.75) is 43.6 Å². The topological polar surface area (TPSA) is 93.5 Å². The monoisotopic (exact) mass is 443 g/mol. The Morgan fingerprint density at radius 2 is 2.21 bits per heavy atom. The van der Waals surface area contributed by atoms with Gasteiger partial charge in [0.25, 0.3) is 5.56 Å². The van der Waals surface area contributed by atoms with Gasteiger partial charge in [0.1, 0.15) is 10.7 Å². The normalized spacial score (nSPS) is 14.0. The van der Waals surface area contributed by atoms with Gasteiger partial charge in [-0.05, 0) is 43.7 Å². The van der Waals surface area contributed by atoms with Gasteiger partial charge in [0.05, 0.1) is 20.9 Å². The molecule has 0 atom stereocenters. The lowest BCUT2D eigenvalue weighted by molar-refractivity contribution is 0.102. The van der Waals surface area contributed by atoms with E-state index in [2.05, 4.69) is 30.8 Å². The van der Waals surface area contributed by atoms with Crippen molar-refractivity contribution in [3.05, 3.63) is 44.1 Å². The number of carbonyl (C=O) groups excluding carboxylic acids is 1. The second-order valence-electron chi connectivity index (χ2n) is 6.98. The summed E-state index contributed by atoms with van der Waals surface area (Å²) in [5.74, 6) is 1.92. The van der Waals surface area contributed by atoms with Crippen LogP contribution in [0.25, 0.3) is 20.9 Å². The molecule has 0 amide bonds. The molecule has 1 N–H and O–H groups in total. The fourth-order valence-electron chi connectivity index (χ4n) is 3.34. The molecule has 4 aromatic rings. The largest absolute Gasteiger partial charge is 0.309 e. The summed E-state index contributed by atoms with van der Waals surface area (Å²) in [6, 6.07) is 4.51. The van der Waals surface area contributed by atoms with Gasteiger partial charge in [-0.15, -0.1) is 32.9 Å². The minimum Gasteiger partial charge on any atom is -0.309 e. The number of thiophene rings is 2. The molecule has 1 fully saturated rings. The predicted octanol–water partition coefficient (Wildman–Crippen LogP) is 4.44. The predicted molar refractivity (Wildman–Crippen MR) is 116 cm³/mol. The summed E-state index contributed by atoms with van der Waals surface area (Å²) in [5.41, 5.74) is 0.509. The highest BCUT2D eigenvalue weighted by atomic mass is 32.2. The zero-order valence-electron chi connectivity index (χ0n) is 15.8. The molecule has 0 aliphatic heterocycles. The molecule has 148 valence electrons. The van der Waals surface area contributed by atoms with Gasteiger partial charge in [-0.3, -0.25) is 14.2 Å². The van der Waals surface area contributed by atoms with E-state index in [1.54, 1.807) is 18.3 Å². The van der Waals surface area contributed by atoms with E-state index in [0.29, 0.717) is 38.3 Å². The summed E-state index contributed by atoms with van der Waals surface area (Å²) >= 11 is 4.45. The lowest BCUT2D eigenvalue weighted by atomic mass is 10.2. The summed E-state index contributed by atoms with van der Waals surface area (Å²) in [5, 5.41) is 12.2. The standard InChI is InChI=1S/C19H17N5O2S3/c1-9-14-17(26)20-13(21-18(14)29-15(9)10(2)25)8-28-19-23-22-16(12-4-3-7-27-12)24(19)11-5-6-11/h3-4,7,11H,5-6,8H2,1-2H3,(H,20,21,26). The summed E-state index contributed by atoms with van der Waals surface area (Å²) in [4.78, 5) is 34.1. The number of hydrogen-bond acceptors (Lipinski definition) is 8. The third-order valence-electron chi connectivity index (χ3n) is 4.83. The van der Waals surface area contributed by atoms with Gasteiger partial charge >= 0.3 is 0 Å². The molecule has 0 unspecified atom stereocenters. The Labute approximate surface area is 178 Å². The molecule has 29 heavy (non-hydrogen) atoms. The van der Waals surface area contributed by atoms with Crippen LogP contribution in [0.2, 0.25) is 0 Å². The second-order valence-corrected chi connectivity index (χ2v) is 9.87. The molecular formula is C19H17N5O2S3. The maximum absolute atomic E-state index is 12.6. The second kappa shape index (κ2) is 7.19. The van der Waals surface area contributed by atoms with E-state index in [1.165, 1.54) is 30.0 Å². The number of nitrogens with one attached hydrogen (secondary N) is 1. The quantitative estimate of drug-likeness (QED) is 0.350. The highest BCUT2D eigenvalue weighted by molar-refractivity contribution is 7.98. The van der Waals surface area contributed by atoms with E-state index in [-0.39, 0.29) is 11.3 Å². The molecule has 1 aliphatic rings. The zero-order valence-corrected chi connectivity index (χ0v) is 18.2. The first-order valence-corrected chi connectivity index (χ1v) is 11.9. The fraction of sp³-hybridized carbons (Fsp3) is 0.316. The van der Waals surface area contributed by atoms with Crippen LogP contribution in [0.3, 0.4) is 0 Å². The first-order chi connectivity index (χ1) is 14.0. The first-order valence-electron chi connectivity index (χ1n) is 9.17. The molecule has 4 heterocycles. The van der Waals surface area contributed by atoms with Gasteiger partial charge in [-0.2, -0.15) is 0 Å². The van der Waals surface area contributed by atoms with Crippen molar-refractivity contribution < 1.29 is 4.79 Å². The van der Waals surface area contributed by atoms with Crippen molar-refractivity contribution in [3.8, 4) is 10.7 Å². The molecule has 5 rings (SSSR count). The summed E-state index contributed by atoms with van der Waals surface area (Å²) < 4.78 is 2.20. The van der Waals surface area contributed by atoms with Crippen LogP contribution in [0.4, 0.5) is 0 Å². The minimum absolute atomic E-state index is 0.0422. The molecule has 0 bridgehead atoms. The minimum atomic E-state index is -0.199. The average molecular weight is 444 g/mol. The molecule has 1 aliphatic carbocycles. The van der Waals surface area contributed by atoms with E-state index in [9.17, 15) is 9.59 Å².